The summed E-state index contributed by atoms with van der Waals surface area (Å²) in [6.07, 6.45) is 9.01. The molecule has 54 heavy (non-hydrogen) atoms. The third-order valence-corrected chi connectivity index (χ3v) is 11.9. The number of benzene rings is 1. The van der Waals surface area contributed by atoms with Crippen LogP contribution in [0, 0.1) is 17.8 Å². The van der Waals surface area contributed by atoms with Crippen LogP contribution >= 0.6 is 0 Å². The number of carbonyl (C=O) groups excluding carboxylic acids is 4. The van der Waals surface area contributed by atoms with Gasteiger partial charge in [0.25, 0.3) is 0 Å². The van der Waals surface area contributed by atoms with Crippen molar-refractivity contribution in [1.29, 1.82) is 0 Å². The number of nitrogens with two attached hydrogens (primary N) is 1. The minimum absolute atomic E-state index is 0.0417. The van der Waals surface area contributed by atoms with Gasteiger partial charge in [-0.2, -0.15) is 0 Å². The van der Waals surface area contributed by atoms with Gasteiger partial charge in [-0.05, 0) is 89.7 Å². The molecule has 15 heteroatoms. The molecule has 14 nitrogen and oxygen atoms in total. The number of nitrogens with zero attached hydrogens (tertiary/aromatic N) is 2. The number of imidazole rings is 1. The van der Waals surface area contributed by atoms with Gasteiger partial charge in [0.2, 0.25) is 34.2 Å². The zero-order valence-electron chi connectivity index (χ0n) is 33.7. The lowest BCUT2D eigenvalue weighted by atomic mass is 10.1. The summed E-state index contributed by atoms with van der Waals surface area (Å²) in [7, 11) is -1.88. The number of H-pyrrole nitrogens is 1. The van der Waals surface area contributed by atoms with Crippen molar-refractivity contribution in [3.8, 4) is 0 Å². The number of carbonyl (C=O) groups is 4. The van der Waals surface area contributed by atoms with Crippen LogP contribution in [-0.2, 0) is 40.5 Å². The number of fused-ring (bicyclic) bond motifs is 1. The Balaban J connectivity index is 0.000000346. The quantitative estimate of drug-likeness (QED) is 0.148. The van der Waals surface area contributed by atoms with Gasteiger partial charge in [0.1, 0.15) is 6.04 Å². The largest absolute Gasteiger partial charge is 0.379 e. The first-order chi connectivity index (χ1) is 25.3. The number of unbranched alkanes of at least 4 members (excludes halogenated alkanes) is 3. The normalized spacial score (nSPS) is 19.6. The van der Waals surface area contributed by atoms with E-state index >= 15 is 0 Å². The minimum atomic E-state index is -3.59. The number of aromatic amines is 1. The Morgan fingerprint density at radius 1 is 1.09 bits per heavy atom. The van der Waals surface area contributed by atoms with Gasteiger partial charge >= 0.3 is 5.69 Å². The SMILES string of the molecule is CC(C)C.CCC1CC1C(=O)NS(=O)(=O)C1(CCCCCCn2c(=O)[nH]c3ccccc32)CC1.COC(C)(C)C.NC(=O)C1CCCN1C(=O)CNC=O. The molecule has 1 aromatic carbocycles. The van der Waals surface area contributed by atoms with Crippen LogP contribution < -0.4 is 21.5 Å². The molecule has 1 aromatic heterocycles. The number of likely N-dealkylation sites (tertiary alicyclic amines) is 1. The standard InChI is InChI=1S/C22H31N3O4S.C8H13N3O3.C5H12O.C4H10/c1-2-16-15-17(16)20(26)24-30(28,29)22(12-13-22)11-7-3-4-8-14-25-19-10-6-5-9-18(19)23-21(25)27;9-8(14)6-2-1-3-11(6)7(13)4-10-5-12;1-5(2,3)6-4;1-4(2)3/h5-6,9-10,16-17H,2-4,7-8,11-15H2,1H3,(H,23,27)(H,24,26);5-6H,1-4H2,(H2,9,14)(H,10,12);1-4H3;4H,1-3H3. The van der Waals surface area contributed by atoms with Crippen molar-refractivity contribution < 1.29 is 32.3 Å². The average molecular weight is 779 g/mol. The Kier molecular flexibility index (Phi) is 18.4. The Labute approximate surface area is 321 Å². The second-order valence-corrected chi connectivity index (χ2v) is 18.2. The minimum Gasteiger partial charge on any atom is -0.379 e. The second-order valence-electron chi connectivity index (χ2n) is 16.1. The molecule has 1 aliphatic heterocycles. The van der Waals surface area contributed by atoms with Crippen LogP contribution in [0.1, 0.15) is 119 Å². The Morgan fingerprint density at radius 2 is 1.70 bits per heavy atom. The van der Waals surface area contributed by atoms with Gasteiger partial charge in [0.15, 0.2) is 0 Å². The number of ether oxygens (including phenoxy) is 1. The van der Waals surface area contributed by atoms with E-state index in [1.165, 1.54) is 4.90 Å². The molecule has 4 amide bonds. The summed E-state index contributed by atoms with van der Waals surface area (Å²) in [4.78, 5) is 60.9. The summed E-state index contributed by atoms with van der Waals surface area (Å²) in [5, 5.41) is 2.26. The first-order valence-corrected chi connectivity index (χ1v) is 20.9. The molecule has 2 heterocycles. The number of para-hydroxylation sites is 2. The zero-order chi connectivity index (χ0) is 40.7. The molecular formula is C39H66N6O8S. The molecule has 2 aromatic rings. The number of primary amides is 1. The number of methoxy groups -OCH3 is 1. The highest BCUT2D eigenvalue weighted by Crippen LogP contribution is 2.48. The number of hydrogen-bond donors (Lipinski definition) is 4. The fourth-order valence-electron chi connectivity index (χ4n) is 6.12. The number of hydrogen-bond acceptors (Lipinski definition) is 8. The first-order valence-electron chi connectivity index (χ1n) is 19.4. The highest BCUT2D eigenvalue weighted by Gasteiger charge is 2.55. The van der Waals surface area contributed by atoms with Crippen LogP contribution in [0.25, 0.3) is 11.0 Å². The topological polar surface area (TPSA) is 203 Å². The molecule has 306 valence electrons. The summed E-state index contributed by atoms with van der Waals surface area (Å²) in [6, 6.07) is 7.16. The summed E-state index contributed by atoms with van der Waals surface area (Å²) in [5.41, 5.74) is 6.85. The van der Waals surface area contributed by atoms with Crippen LogP contribution in [-0.4, -0.2) is 83.6 Å². The fourth-order valence-corrected chi connectivity index (χ4v) is 7.81. The molecule has 0 radical (unpaired) electrons. The molecule has 3 atom stereocenters. The van der Waals surface area contributed by atoms with Crippen LogP contribution in [0.4, 0.5) is 0 Å². The molecule has 2 saturated carbocycles. The van der Waals surface area contributed by atoms with E-state index in [1.807, 2.05) is 52.0 Å². The molecule has 3 fully saturated rings. The van der Waals surface area contributed by atoms with Crippen molar-refractivity contribution in [3.05, 3.63) is 34.7 Å². The number of aromatic nitrogens is 2. The molecule has 3 unspecified atom stereocenters. The summed E-state index contributed by atoms with van der Waals surface area (Å²) >= 11 is 0. The van der Waals surface area contributed by atoms with Gasteiger partial charge in [-0.15, -0.1) is 0 Å². The molecule has 0 bridgehead atoms. The Hall–Kier alpha value is -3.72. The van der Waals surface area contributed by atoms with Crippen molar-refractivity contribution in [2.45, 2.75) is 142 Å². The van der Waals surface area contributed by atoms with E-state index in [9.17, 15) is 32.4 Å². The highest BCUT2D eigenvalue weighted by molar-refractivity contribution is 7.91. The van der Waals surface area contributed by atoms with Crippen molar-refractivity contribution >= 4 is 45.2 Å². The van der Waals surface area contributed by atoms with Gasteiger partial charge in [-0.25, -0.2) is 13.2 Å². The summed E-state index contributed by atoms with van der Waals surface area (Å²) < 4.78 is 33.8. The molecule has 0 spiro atoms. The van der Waals surface area contributed by atoms with Crippen molar-refractivity contribution in [3.63, 3.8) is 0 Å². The van der Waals surface area contributed by atoms with Gasteiger partial charge in [0.05, 0.1) is 27.9 Å². The summed E-state index contributed by atoms with van der Waals surface area (Å²) in [5.74, 6) is 0.00569. The van der Waals surface area contributed by atoms with E-state index in [-0.39, 0.29) is 35.6 Å². The zero-order valence-corrected chi connectivity index (χ0v) is 34.6. The average Bonchev–Trinajstić information content (AvgIpc) is 4.00. The maximum absolute atomic E-state index is 12.7. The van der Waals surface area contributed by atoms with Gasteiger partial charge in [-0.3, -0.25) is 28.5 Å². The number of aryl methyl sites for hydroxylation is 1. The van der Waals surface area contributed by atoms with Crippen LogP contribution in [0.2, 0.25) is 0 Å². The van der Waals surface area contributed by atoms with Crippen molar-refractivity contribution in [2.75, 3.05) is 20.2 Å². The molecule has 2 aliphatic carbocycles. The van der Waals surface area contributed by atoms with Crippen LogP contribution in [0.5, 0.6) is 0 Å². The number of sulfonamides is 1. The number of rotatable bonds is 15. The molecule has 1 saturated heterocycles. The lowest BCUT2D eigenvalue weighted by molar-refractivity contribution is -0.137. The van der Waals surface area contributed by atoms with E-state index in [0.29, 0.717) is 51.1 Å². The third kappa shape index (κ3) is 14.8. The highest BCUT2D eigenvalue weighted by atomic mass is 32.2. The van der Waals surface area contributed by atoms with Gasteiger partial charge < -0.3 is 25.7 Å². The van der Waals surface area contributed by atoms with Crippen molar-refractivity contribution in [2.24, 2.45) is 23.5 Å². The molecular weight excluding hydrogens is 713 g/mol. The van der Waals surface area contributed by atoms with E-state index in [2.05, 4.69) is 35.8 Å². The first kappa shape index (κ1) is 46.4. The molecule has 5 N–H and O–H groups in total. The summed E-state index contributed by atoms with van der Waals surface area (Å²) in [6.45, 7) is 15.7. The third-order valence-electron chi connectivity index (χ3n) is 9.69. The fraction of sp³-hybridized carbons (Fsp3) is 0.718. The molecule has 3 aliphatic rings. The molecule has 5 rings (SSSR count). The smallest absolute Gasteiger partial charge is 0.326 e. The van der Waals surface area contributed by atoms with E-state index in [1.54, 1.807) is 11.7 Å². The van der Waals surface area contributed by atoms with E-state index in [0.717, 1.165) is 61.9 Å². The van der Waals surface area contributed by atoms with Crippen LogP contribution in [0.3, 0.4) is 0 Å². The lowest BCUT2D eigenvalue weighted by Crippen LogP contribution is -2.46. The predicted molar refractivity (Wildman–Crippen MR) is 212 cm³/mol. The predicted octanol–water partition coefficient (Wildman–Crippen LogP) is 4.61. The van der Waals surface area contributed by atoms with E-state index < -0.39 is 26.7 Å². The van der Waals surface area contributed by atoms with Crippen LogP contribution in [0.15, 0.2) is 29.1 Å². The van der Waals surface area contributed by atoms with Gasteiger partial charge in [-0.1, -0.05) is 65.5 Å². The maximum atomic E-state index is 12.7. The lowest BCUT2D eigenvalue weighted by Gasteiger charge is -2.21. The maximum Gasteiger partial charge on any atom is 0.326 e. The number of amides is 4. The van der Waals surface area contributed by atoms with Gasteiger partial charge in [0, 0.05) is 26.1 Å². The monoisotopic (exact) mass is 778 g/mol. The number of nitrogens with one attached hydrogen (secondary N) is 3. The second kappa shape index (κ2) is 21.4. The Bertz CT molecular complexity index is 1670. The van der Waals surface area contributed by atoms with Crippen molar-refractivity contribution in [1.82, 2.24) is 24.5 Å². The Morgan fingerprint density at radius 3 is 2.24 bits per heavy atom. The van der Waals surface area contributed by atoms with E-state index in [4.69, 9.17) is 10.5 Å².